The van der Waals surface area contributed by atoms with Crippen molar-refractivity contribution in [2.24, 2.45) is 0 Å². The third-order valence-corrected chi connectivity index (χ3v) is 3.39. The van der Waals surface area contributed by atoms with Gasteiger partial charge in [0.2, 0.25) is 0 Å². The molecule has 1 N–H and O–H groups in total. The Morgan fingerprint density at radius 2 is 2.05 bits per heavy atom. The van der Waals surface area contributed by atoms with Gasteiger partial charge in [-0.25, -0.2) is 9.37 Å². The van der Waals surface area contributed by atoms with Crippen molar-refractivity contribution in [1.82, 2.24) is 4.98 Å². The Hall–Kier alpha value is -1.63. The molecule has 0 radical (unpaired) electrons. The van der Waals surface area contributed by atoms with Crippen LogP contribution in [0.3, 0.4) is 0 Å². The first-order valence-corrected chi connectivity index (χ1v) is 6.30. The van der Waals surface area contributed by atoms with Gasteiger partial charge in [0.25, 0.3) is 0 Å². The molecule has 0 spiro atoms. The van der Waals surface area contributed by atoms with Gasteiger partial charge >= 0.3 is 6.18 Å². The average molecular weight is 290 g/mol. The zero-order valence-corrected chi connectivity index (χ0v) is 10.7. The fraction of sp³-hybridized carbons (Fsp3) is 0.250. The lowest BCUT2D eigenvalue weighted by Crippen LogP contribution is -2.07. The monoisotopic (exact) mass is 290 g/mol. The van der Waals surface area contributed by atoms with Crippen LogP contribution in [0.15, 0.2) is 24.4 Å². The van der Waals surface area contributed by atoms with E-state index in [1.54, 1.807) is 0 Å². The summed E-state index contributed by atoms with van der Waals surface area (Å²) in [4.78, 5) is 4.59. The third-order valence-electron chi connectivity index (χ3n) is 2.39. The van der Waals surface area contributed by atoms with Crippen molar-refractivity contribution in [2.75, 3.05) is 11.9 Å². The van der Waals surface area contributed by atoms with Crippen LogP contribution in [0.5, 0.6) is 0 Å². The van der Waals surface area contributed by atoms with Gasteiger partial charge in [-0.1, -0.05) is 17.4 Å². The van der Waals surface area contributed by atoms with Crippen LogP contribution < -0.4 is 5.32 Å². The largest absolute Gasteiger partial charge is 0.419 e. The van der Waals surface area contributed by atoms with Crippen molar-refractivity contribution in [2.45, 2.75) is 13.1 Å². The van der Waals surface area contributed by atoms with E-state index in [2.05, 4.69) is 10.3 Å². The Bertz CT molecular complexity index is 577. The van der Waals surface area contributed by atoms with Crippen molar-refractivity contribution >= 4 is 16.5 Å². The molecule has 0 unspecified atom stereocenters. The molecule has 1 aromatic carbocycles. The summed E-state index contributed by atoms with van der Waals surface area (Å²) in [6.07, 6.45) is -3.23. The van der Waals surface area contributed by atoms with Crippen molar-refractivity contribution in [1.29, 1.82) is 0 Å². The maximum atomic E-state index is 13.2. The van der Waals surface area contributed by atoms with Crippen LogP contribution in [0.1, 0.15) is 12.5 Å². The van der Waals surface area contributed by atoms with Gasteiger partial charge in [-0.2, -0.15) is 13.2 Å². The first-order valence-electron chi connectivity index (χ1n) is 5.48. The molecule has 2 rings (SSSR count). The van der Waals surface area contributed by atoms with Gasteiger partial charge in [-0.3, -0.25) is 0 Å². The van der Waals surface area contributed by atoms with Crippen LogP contribution in [0, 0.1) is 5.82 Å². The number of nitrogens with one attached hydrogen (secondary N) is 1. The van der Waals surface area contributed by atoms with Gasteiger partial charge in [0.05, 0.1) is 10.4 Å². The number of benzene rings is 1. The molecule has 102 valence electrons. The number of anilines is 1. The van der Waals surface area contributed by atoms with Crippen molar-refractivity contribution < 1.29 is 17.6 Å². The molecule has 0 saturated heterocycles. The molecule has 1 aromatic heterocycles. The molecule has 1 heterocycles. The summed E-state index contributed by atoms with van der Waals surface area (Å²) in [5.74, 6) is -1.27. The zero-order chi connectivity index (χ0) is 14.0. The number of rotatable bonds is 3. The molecule has 0 aliphatic rings. The van der Waals surface area contributed by atoms with Gasteiger partial charge in [0.1, 0.15) is 5.82 Å². The van der Waals surface area contributed by atoms with E-state index < -0.39 is 17.6 Å². The second-order valence-electron chi connectivity index (χ2n) is 3.75. The molecule has 0 aliphatic carbocycles. The predicted molar refractivity (Wildman–Crippen MR) is 66.7 cm³/mol. The Balaban J connectivity index is 2.39. The summed E-state index contributed by atoms with van der Waals surface area (Å²) < 4.78 is 51.0. The third kappa shape index (κ3) is 3.04. The minimum atomic E-state index is -4.70. The maximum Gasteiger partial charge on any atom is 0.419 e. The molecule has 0 amide bonds. The van der Waals surface area contributed by atoms with Crippen molar-refractivity contribution in [3.63, 3.8) is 0 Å². The topological polar surface area (TPSA) is 24.9 Å². The standard InChI is InChI=1S/C12H10F4N2S/c1-2-17-11-18-6-10(19-11)7-3-4-9(13)8(5-7)12(14,15)16/h3-6H,2H2,1H3,(H,17,18). The first-order chi connectivity index (χ1) is 8.91. The Kier molecular flexibility index (Phi) is 3.75. The fourth-order valence-electron chi connectivity index (χ4n) is 1.54. The van der Waals surface area contributed by atoms with Crippen LogP contribution in [-0.4, -0.2) is 11.5 Å². The van der Waals surface area contributed by atoms with Crippen molar-refractivity contribution in [3.8, 4) is 10.4 Å². The number of hydrogen-bond acceptors (Lipinski definition) is 3. The van der Waals surface area contributed by atoms with Gasteiger partial charge in [-0.05, 0) is 24.6 Å². The van der Waals surface area contributed by atoms with Gasteiger partial charge in [0, 0.05) is 12.7 Å². The lowest BCUT2D eigenvalue weighted by atomic mass is 10.1. The second kappa shape index (κ2) is 5.16. The smallest absolute Gasteiger partial charge is 0.362 e. The van der Waals surface area contributed by atoms with Crippen LogP contribution >= 0.6 is 11.3 Å². The molecule has 0 saturated carbocycles. The van der Waals surface area contributed by atoms with E-state index in [1.165, 1.54) is 23.6 Å². The minimum absolute atomic E-state index is 0.301. The summed E-state index contributed by atoms with van der Waals surface area (Å²) in [7, 11) is 0. The normalized spacial score (nSPS) is 11.6. The van der Waals surface area contributed by atoms with E-state index in [4.69, 9.17) is 0 Å². The quantitative estimate of drug-likeness (QED) is 0.847. The molecular formula is C12H10F4N2S. The molecule has 0 fully saturated rings. The van der Waals surface area contributed by atoms with E-state index in [0.29, 0.717) is 22.1 Å². The summed E-state index contributed by atoms with van der Waals surface area (Å²) in [5.41, 5.74) is -0.959. The number of nitrogens with zero attached hydrogens (tertiary/aromatic N) is 1. The van der Waals surface area contributed by atoms with Gasteiger partial charge in [0.15, 0.2) is 5.13 Å². The molecular weight excluding hydrogens is 280 g/mol. The zero-order valence-electron chi connectivity index (χ0n) is 9.88. The highest BCUT2D eigenvalue weighted by molar-refractivity contribution is 7.18. The Morgan fingerprint density at radius 1 is 1.32 bits per heavy atom. The summed E-state index contributed by atoms with van der Waals surface area (Å²) >= 11 is 1.22. The molecule has 0 bridgehead atoms. The van der Waals surface area contributed by atoms with E-state index in [-0.39, 0.29) is 0 Å². The Labute approximate surface area is 111 Å². The highest BCUT2D eigenvalue weighted by atomic mass is 32.1. The summed E-state index contributed by atoms with van der Waals surface area (Å²) in [5, 5.41) is 3.59. The van der Waals surface area contributed by atoms with E-state index in [1.807, 2.05) is 6.92 Å². The van der Waals surface area contributed by atoms with Crippen molar-refractivity contribution in [3.05, 3.63) is 35.8 Å². The van der Waals surface area contributed by atoms with Crippen LogP contribution in [0.4, 0.5) is 22.7 Å². The first kappa shape index (κ1) is 13.8. The SMILES string of the molecule is CCNc1ncc(-c2ccc(F)c(C(F)(F)F)c2)s1. The van der Waals surface area contributed by atoms with E-state index >= 15 is 0 Å². The molecule has 2 aromatic rings. The number of aromatic nitrogens is 1. The fourth-order valence-corrected chi connectivity index (χ4v) is 2.42. The highest BCUT2D eigenvalue weighted by Crippen LogP contribution is 2.36. The molecule has 7 heteroatoms. The summed E-state index contributed by atoms with van der Waals surface area (Å²) in [6.45, 7) is 2.56. The molecule has 0 atom stereocenters. The Morgan fingerprint density at radius 3 is 2.68 bits per heavy atom. The van der Waals surface area contributed by atoms with Crippen LogP contribution in [0.25, 0.3) is 10.4 Å². The maximum absolute atomic E-state index is 13.2. The summed E-state index contributed by atoms with van der Waals surface area (Å²) in [6, 6.07) is 2.94. The second-order valence-corrected chi connectivity index (χ2v) is 4.78. The lowest BCUT2D eigenvalue weighted by molar-refractivity contribution is -0.139. The predicted octanol–water partition coefficient (Wildman–Crippen LogP) is 4.40. The average Bonchev–Trinajstić information content (AvgIpc) is 2.77. The lowest BCUT2D eigenvalue weighted by Gasteiger charge is -2.09. The molecule has 0 aliphatic heterocycles. The van der Waals surface area contributed by atoms with Gasteiger partial charge in [-0.15, -0.1) is 0 Å². The minimum Gasteiger partial charge on any atom is -0.362 e. The van der Waals surface area contributed by atoms with E-state index in [9.17, 15) is 17.6 Å². The highest BCUT2D eigenvalue weighted by Gasteiger charge is 2.34. The van der Waals surface area contributed by atoms with Gasteiger partial charge < -0.3 is 5.32 Å². The van der Waals surface area contributed by atoms with Crippen LogP contribution in [0.2, 0.25) is 0 Å². The number of halogens is 4. The molecule has 2 nitrogen and oxygen atoms in total. The molecule has 19 heavy (non-hydrogen) atoms. The number of thiazole rings is 1. The number of hydrogen-bond donors (Lipinski definition) is 1. The van der Waals surface area contributed by atoms with Crippen LogP contribution in [-0.2, 0) is 6.18 Å². The number of alkyl halides is 3. The van der Waals surface area contributed by atoms with E-state index in [0.717, 1.165) is 12.1 Å².